The summed E-state index contributed by atoms with van der Waals surface area (Å²) >= 11 is 0. The van der Waals surface area contributed by atoms with Crippen LogP contribution in [0.5, 0.6) is 0 Å². The first-order valence-corrected chi connectivity index (χ1v) is 7.46. The molecule has 0 aromatic carbocycles. The third kappa shape index (κ3) is 5.63. The number of nitrogens with one attached hydrogen (secondary N) is 2. The van der Waals surface area contributed by atoms with Crippen LogP contribution in [0.25, 0.3) is 0 Å². The molecule has 0 aliphatic rings. The quantitative estimate of drug-likeness (QED) is 0.796. The Morgan fingerprint density at radius 3 is 2.83 bits per heavy atom. The third-order valence-corrected chi connectivity index (χ3v) is 3.10. The van der Waals surface area contributed by atoms with Crippen molar-refractivity contribution in [3.05, 3.63) is 47.5 Å². The van der Waals surface area contributed by atoms with E-state index in [0.29, 0.717) is 24.7 Å². The third-order valence-electron chi connectivity index (χ3n) is 3.10. The molecule has 2 aromatic heterocycles. The maximum atomic E-state index is 12.2. The highest BCUT2D eigenvalue weighted by Crippen LogP contribution is 2.05. The molecule has 0 aliphatic heterocycles. The number of pyridine rings is 1. The Morgan fingerprint density at radius 2 is 2.13 bits per heavy atom. The second-order valence-corrected chi connectivity index (χ2v) is 5.49. The molecule has 0 aliphatic carbocycles. The smallest absolute Gasteiger partial charge is 0.270 e. The molecule has 0 radical (unpaired) electrons. The van der Waals surface area contributed by atoms with E-state index in [1.165, 1.54) is 0 Å². The van der Waals surface area contributed by atoms with Crippen molar-refractivity contribution in [2.45, 2.75) is 13.5 Å². The highest BCUT2D eigenvalue weighted by atomic mass is 16.1. The summed E-state index contributed by atoms with van der Waals surface area (Å²) in [4.78, 5) is 26.9. The second-order valence-electron chi connectivity index (χ2n) is 5.49. The van der Waals surface area contributed by atoms with E-state index in [4.69, 9.17) is 0 Å². The molecule has 2 aromatic rings. The Kier molecular flexibility index (Phi) is 5.99. The molecule has 0 bridgehead atoms. The highest BCUT2D eigenvalue weighted by molar-refractivity contribution is 5.92. The molecule has 2 heterocycles. The van der Waals surface area contributed by atoms with Gasteiger partial charge in [0.15, 0.2) is 0 Å². The van der Waals surface area contributed by atoms with Gasteiger partial charge in [0.1, 0.15) is 5.69 Å². The van der Waals surface area contributed by atoms with Crippen LogP contribution in [0, 0.1) is 6.92 Å². The van der Waals surface area contributed by atoms with Gasteiger partial charge in [-0.15, -0.1) is 0 Å². The van der Waals surface area contributed by atoms with Crippen molar-refractivity contribution < 1.29 is 4.79 Å². The van der Waals surface area contributed by atoms with Gasteiger partial charge in [-0.2, -0.15) is 0 Å². The largest absolute Gasteiger partial charge is 0.353 e. The molecule has 0 fully saturated rings. The first-order chi connectivity index (χ1) is 11.0. The van der Waals surface area contributed by atoms with Gasteiger partial charge in [-0.1, -0.05) is 6.07 Å². The van der Waals surface area contributed by atoms with Gasteiger partial charge in [-0.25, -0.2) is 9.97 Å². The Morgan fingerprint density at radius 1 is 1.30 bits per heavy atom. The SMILES string of the molecule is Cc1cc(C(=O)NCc2cccnc2)nc(NCCN(C)C)n1. The summed E-state index contributed by atoms with van der Waals surface area (Å²) in [6, 6.07) is 5.42. The minimum Gasteiger partial charge on any atom is -0.353 e. The molecule has 0 saturated heterocycles. The number of hydrogen-bond donors (Lipinski definition) is 2. The van der Waals surface area contributed by atoms with Gasteiger partial charge in [-0.3, -0.25) is 9.78 Å². The van der Waals surface area contributed by atoms with Crippen molar-refractivity contribution in [2.75, 3.05) is 32.5 Å². The zero-order valence-electron chi connectivity index (χ0n) is 13.7. The molecule has 7 heteroatoms. The Labute approximate surface area is 136 Å². The second kappa shape index (κ2) is 8.19. The van der Waals surface area contributed by atoms with Crippen LogP contribution in [0.2, 0.25) is 0 Å². The van der Waals surface area contributed by atoms with Crippen molar-refractivity contribution in [2.24, 2.45) is 0 Å². The van der Waals surface area contributed by atoms with E-state index in [2.05, 4.69) is 30.5 Å². The van der Waals surface area contributed by atoms with Crippen molar-refractivity contribution in [1.82, 2.24) is 25.2 Å². The molecule has 2 rings (SSSR count). The Bertz CT molecular complexity index is 644. The molecule has 0 spiro atoms. The fraction of sp³-hybridized carbons (Fsp3) is 0.375. The van der Waals surface area contributed by atoms with Crippen LogP contribution in [0.3, 0.4) is 0 Å². The number of hydrogen-bond acceptors (Lipinski definition) is 6. The summed E-state index contributed by atoms with van der Waals surface area (Å²) in [5, 5.41) is 5.97. The molecule has 0 unspecified atom stereocenters. The highest BCUT2D eigenvalue weighted by Gasteiger charge is 2.10. The van der Waals surface area contributed by atoms with Crippen molar-refractivity contribution in [3.63, 3.8) is 0 Å². The van der Waals surface area contributed by atoms with Gasteiger partial charge >= 0.3 is 0 Å². The number of carbonyl (C=O) groups excluding carboxylic acids is 1. The lowest BCUT2D eigenvalue weighted by Crippen LogP contribution is -2.25. The fourth-order valence-electron chi connectivity index (χ4n) is 1.93. The summed E-state index contributed by atoms with van der Waals surface area (Å²) < 4.78 is 0. The number of anilines is 1. The van der Waals surface area contributed by atoms with E-state index in [-0.39, 0.29) is 5.91 Å². The van der Waals surface area contributed by atoms with E-state index >= 15 is 0 Å². The van der Waals surface area contributed by atoms with Gasteiger partial charge in [0.2, 0.25) is 5.95 Å². The molecular weight excluding hydrogens is 292 g/mol. The first-order valence-electron chi connectivity index (χ1n) is 7.46. The van der Waals surface area contributed by atoms with Gasteiger partial charge in [-0.05, 0) is 38.7 Å². The number of aryl methyl sites for hydroxylation is 1. The average molecular weight is 314 g/mol. The van der Waals surface area contributed by atoms with Crippen LogP contribution in [-0.2, 0) is 6.54 Å². The minimum absolute atomic E-state index is 0.227. The minimum atomic E-state index is -0.227. The zero-order chi connectivity index (χ0) is 16.7. The van der Waals surface area contributed by atoms with E-state index < -0.39 is 0 Å². The van der Waals surface area contributed by atoms with Gasteiger partial charge in [0.25, 0.3) is 5.91 Å². The number of aromatic nitrogens is 3. The van der Waals surface area contributed by atoms with Crippen LogP contribution < -0.4 is 10.6 Å². The molecular formula is C16H22N6O. The van der Waals surface area contributed by atoms with Crippen LogP contribution in [0.1, 0.15) is 21.7 Å². The lowest BCUT2D eigenvalue weighted by atomic mass is 10.2. The summed E-state index contributed by atoms with van der Waals surface area (Å²) in [5.41, 5.74) is 2.04. The maximum absolute atomic E-state index is 12.2. The van der Waals surface area contributed by atoms with Crippen LogP contribution in [0.15, 0.2) is 30.6 Å². The molecule has 23 heavy (non-hydrogen) atoms. The molecule has 7 nitrogen and oxygen atoms in total. The molecule has 1 amide bonds. The summed E-state index contributed by atoms with van der Waals surface area (Å²) in [6.07, 6.45) is 3.42. The molecule has 122 valence electrons. The molecule has 0 atom stereocenters. The van der Waals surface area contributed by atoms with Crippen molar-refractivity contribution >= 4 is 11.9 Å². The maximum Gasteiger partial charge on any atom is 0.270 e. The number of nitrogens with zero attached hydrogens (tertiary/aromatic N) is 4. The first kappa shape index (κ1) is 16.8. The Hall–Kier alpha value is -2.54. The van der Waals surface area contributed by atoms with Crippen LogP contribution >= 0.6 is 0 Å². The average Bonchev–Trinajstić information content (AvgIpc) is 2.52. The van der Waals surface area contributed by atoms with E-state index in [1.807, 2.05) is 33.2 Å². The Balaban J connectivity index is 1.97. The zero-order valence-corrected chi connectivity index (χ0v) is 13.7. The monoisotopic (exact) mass is 314 g/mol. The van der Waals surface area contributed by atoms with Crippen molar-refractivity contribution in [3.8, 4) is 0 Å². The lowest BCUT2D eigenvalue weighted by Gasteiger charge is -2.11. The van der Waals surface area contributed by atoms with E-state index in [0.717, 1.165) is 17.8 Å². The van der Waals surface area contributed by atoms with Crippen LogP contribution in [0.4, 0.5) is 5.95 Å². The standard InChI is InChI=1S/C16H22N6O/c1-12-9-14(21-16(20-12)18-7-8-22(2)3)15(23)19-11-13-5-4-6-17-10-13/h4-6,9-10H,7-8,11H2,1-3H3,(H,19,23)(H,18,20,21). The lowest BCUT2D eigenvalue weighted by molar-refractivity contribution is 0.0945. The van der Waals surface area contributed by atoms with Crippen molar-refractivity contribution in [1.29, 1.82) is 0 Å². The van der Waals surface area contributed by atoms with Crippen LogP contribution in [-0.4, -0.2) is 52.9 Å². The number of carbonyl (C=O) groups is 1. The van der Waals surface area contributed by atoms with E-state index in [1.54, 1.807) is 18.5 Å². The topological polar surface area (TPSA) is 83.0 Å². The number of amides is 1. The van der Waals surface area contributed by atoms with Gasteiger partial charge in [0.05, 0.1) is 0 Å². The van der Waals surface area contributed by atoms with E-state index in [9.17, 15) is 4.79 Å². The number of rotatable bonds is 7. The summed E-state index contributed by atoms with van der Waals surface area (Å²) in [6.45, 7) is 3.84. The van der Waals surface area contributed by atoms with Gasteiger partial charge in [0, 0.05) is 37.7 Å². The summed E-state index contributed by atoms with van der Waals surface area (Å²) in [5.74, 6) is 0.244. The predicted molar refractivity (Wildman–Crippen MR) is 89.2 cm³/mol. The normalized spacial score (nSPS) is 10.6. The summed E-state index contributed by atoms with van der Waals surface area (Å²) in [7, 11) is 3.99. The van der Waals surface area contributed by atoms with Gasteiger partial charge < -0.3 is 15.5 Å². The molecule has 0 saturated carbocycles. The number of likely N-dealkylation sites (N-methyl/N-ethyl adjacent to an activating group) is 1. The fourth-order valence-corrected chi connectivity index (χ4v) is 1.93. The molecule has 2 N–H and O–H groups in total. The predicted octanol–water partition coefficient (Wildman–Crippen LogP) is 1.08.